The molecule has 1 heterocycles. The van der Waals surface area contributed by atoms with E-state index in [1.165, 1.54) is 0 Å². The number of unbranched alkanes of at least 4 members (excludes halogenated alkanes) is 1. The van der Waals surface area contributed by atoms with Crippen LogP contribution < -0.4 is 4.74 Å². The third-order valence-corrected chi connectivity index (χ3v) is 6.58. The Morgan fingerprint density at radius 1 is 1.03 bits per heavy atom. The lowest BCUT2D eigenvalue weighted by molar-refractivity contribution is -0.140. The number of hydrogen-bond acceptors (Lipinski definition) is 5. The first-order valence-corrected chi connectivity index (χ1v) is 12.7. The highest BCUT2D eigenvalue weighted by molar-refractivity contribution is 6.46. The number of methoxy groups -OCH3 is 1. The Labute approximate surface area is 214 Å². The lowest BCUT2D eigenvalue weighted by atomic mass is 9.85. The quantitative estimate of drug-likeness (QED) is 0.192. The SMILES string of the molecule is CCCCOc1ccc(C(O)=C2C(=O)C(=O)N(CCCOC)[C@H]2c2ccc(C(C)(C)C)cc2)cc1C. The van der Waals surface area contributed by atoms with Gasteiger partial charge in [0.1, 0.15) is 11.5 Å². The fourth-order valence-electron chi connectivity index (χ4n) is 4.44. The zero-order valence-corrected chi connectivity index (χ0v) is 22.4. The normalized spacial score (nSPS) is 17.6. The highest BCUT2D eigenvalue weighted by atomic mass is 16.5. The molecule has 1 amide bonds. The number of rotatable bonds is 10. The standard InChI is InChI=1S/C30H39NO5/c1-7-8-18-36-24-15-12-22(19-20(24)2)27(32)25-26(21-10-13-23(14-11-21)30(3,4)5)31(16-9-17-35-6)29(34)28(25)33/h10-15,19,26,32H,7-9,16-18H2,1-6H3/t26-/m0/s1. The van der Waals surface area contributed by atoms with Crippen LogP contribution in [0.4, 0.5) is 0 Å². The topological polar surface area (TPSA) is 76.1 Å². The highest BCUT2D eigenvalue weighted by Gasteiger charge is 2.45. The van der Waals surface area contributed by atoms with Crippen LogP contribution in [0.2, 0.25) is 0 Å². The Balaban J connectivity index is 2.05. The van der Waals surface area contributed by atoms with Crippen molar-refractivity contribution in [3.8, 4) is 5.75 Å². The van der Waals surface area contributed by atoms with E-state index in [2.05, 4.69) is 27.7 Å². The number of hydrogen-bond donors (Lipinski definition) is 1. The number of carbonyl (C=O) groups excluding carboxylic acids is 2. The number of nitrogens with zero attached hydrogens (tertiary/aromatic N) is 1. The summed E-state index contributed by atoms with van der Waals surface area (Å²) in [5.74, 6) is -0.699. The molecule has 2 aromatic carbocycles. The molecule has 2 aromatic rings. The summed E-state index contributed by atoms with van der Waals surface area (Å²) in [4.78, 5) is 27.9. The molecule has 0 spiro atoms. The first kappa shape index (κ1) is 27.5. The number of ketones is 1. The first-order valence-electron chi connectivity index (χ1n) is 12.7. The number of aliphatic hydroxyl groups is 1. The molecule has 194 valence electrons. The molecule has 1 aliphatic rings. The van der Waals surface area contributed by atoms with Gasteiger partial charge in [-0.05, 0) is 60.1 Å². The average Bonchev–Trinajstić information content (AvgIpc) is 3.09. The molecule has 0 unspecified atom stereocenters. The molecular weight excluding hydrogens is 454 g/mol. The van der Waals surface area contributed by atoms with Gasteiger partial charge in [0.25, 0.3) is 11.7 Å². The minimum atomic E-state index is -0.671. The van der Waals surface area contributed by atoms with Crippen molar-refractivity contribution in [3.05, 3.63) is 70.3 Å². The minimum absolute atomic E-state index is 0.0305. The van der Waals surface area contributed by atoms with E-state index in [0.29, 0.717) is 31.7 Å². The molecule has 0 aromatic heterocycles. The van der Waals surface area contributed by atoms with Crippen LogP contribution in [0.3, 0.4) is 0 Å². The summed E-state index contributed by atoms with van der Waals surface area (Å²) in [6.45, 7) is 11.9. The van der Waals surface area contributed by atoms with Crippen LogP contribution in [-0.2, 0) is 19.7 Å². The number of Topliss-reactive ketones (excluding diaryl/α,β-unsaturated/α-hetero) is 1. The van der Waals surface area contributed by atoms with E-state index >= 15 is 0 Å². The summed E-state index contributed by atoms with van der Waals surface area (Å²) < 4.78 is 11.0. The molecule has 1 aliphatic heterocycles. The molecule has 6 nitrogen and oxygen atoms in total. The van der Waals surface area contributed by atoms with E-state index in [1.54, 1.807) is 24.1 Å². The van der Waals surface area contributed by atoms with Gasteiger partial charge in [0.05, 0.1) is 18.2 Å². The highest BCUT2D eigenvalue weighted by Crippen LogP contribution is 2.40. The van der Waals surface area contributed by atoms with Crippen LogP contribution in [-0.4, -0.2) is 48.6 Å². The van der Waals surface area contributed by atoms with Crippen LogP contribution in [0.25, 0.3) is 5.76 Å². The van der Waals surface area contributed by atoms with Crippen LogP contribution in [0.5, 0.6) is 5.75 Å². The molecular formula is C30H39NO5. The van der Waals surface area contributed by atoms with Crippen molar-refractivity contribution < 1.29 is 24.2 Å². The average molecular weight is 494 g/mol. The summed E-state index contributed by atoms with van der Waals surface area (Å²) in [5.41, 5.74) is 3.36. The fourth-order valence-corrected chi connectivity index (χ4v) is 4.44. The Bertz CT molecular complexity index is 1110. The Morgan fingerprint density at radius 2 is 1.72 bits per heavy atom. The van der Waals surface area contributed by atoms with Crippen molar-refractivity contribution in [1.82, 2.24) is 4.90 Å². The van der Waals surface area contributed by atoms with Crippen molar-refractivity contribution in [1.29, 1.82) is 0 Å². The number of benzene rings is 2. The van der Waals surface area contributed by atoms with E-state index in [9.17, 15) is 14.7 Å². The van der Waals surface area contributed by atoms with Gasteiger partial charge in [-0.3, -0.25) is 9.59 Å². The second kappa shape index (κ2) is 11.7. The largest absolute Gasteiger partial charge is 0.507 e. The van der Waals surface area contributed by atoms with Crippen molar-refractivity contribution in [2.45, 2.75) is 65.3 Å². The number of ether oxygens (including phenoxy) is 2. The van der Waals surface area contributed by atoms with Crippen molar-refractivity contribution >= 4 is 17.4 Å². The fraction of sp³-hybridized carbons (Fsp3) is 0.467. The zero-order chi connectivity index (χ0) is 26.5. The molecule has 1 N–H and O–H groups in total. The molecule has 0 aliphatic carbocycles. The summed E-state index contributed by atoms with van der Waals surface area (Å²) in [6, 6.07) is 12.6. The second-order valence-electron chi connectivity index (χ2n) is 10.4. The van der Waals surface area contributed by atoms with Crippen molar-refractivity contribution in [2.24, 2.45) is 0 Å². The van der Waals surface area contributed by atoms with Crippen LogP contribution in [0, 0.1) is 6.92 Å². The maximum Gasteiger partial charge on any atom is 0.295 e. The van der Waals surface area contributed by atoms with Gasteiger partial charge in [-0.15, -0.1) is 0 Å². The maximum atomic E-state index is 13.2. The van der Waals surface area contributed by atoms with E-state index in [-0.39, 0.29) is 16.7 Å². The molecule has 6 heteroatoms. The Kier molecular flexibility index (Phi) is 8.96. The van der Waals surface area contributed by atoms with Gasteiger partial charge in [-0.1, -0.05) is 58.4 Å². The zero-order valence-electron chi connectivity index (χ0n) is 22.4. The predicted molar refractivity (Wildman–Crippen MR) is 142 cm³/mol. The molecule has 3 rings (SSSR count). The Hall–Kier alpha value is -3.12. The molecule has 1 atom stereocenters. The summed E-state index contributed by atoms with van der Waals surface area (Å²) in [6.07, 6.45) is 2.59. The van der Waals surface area contributed by atoms with Crippen molar-refractivity contribution in [3.63, 3.8) is 0 Å². The molecule has 0 saturated carbocycles. The summed E-state index contributed by atoms with van der Waals surface area (Å²) in [5, 5.41) is 11.4. The van der Waals surface area contributed by atoms with Gasteiger partial charge in [-0.25, -0.2) is 0 Å². The number of aryl methyl sites for hydroxylation is 1. The number of carbonyl (C=O) groups is 2. The summed E-state index contributed by atoms with van der Waals surface area (Å²) in [7, 11) is 1.61. The smallest absolute Gasteiger partial charge is 0.295 e. The maximum absolute atomic E-state index is 13.2. The van der Waals surface area contributed by atoms with Gasteiger partial charge in [0.2, 0.25) is 0 Å². The second-order valence-corrected chi connectivity index (χ2v) is 10.4. The van der Waals surface area contributed by atoms with Crippen LogP contribution in [0.15, 0.2) is 48.0 Å². The van der Waals surface area contributed by atoms with Gasteiger partial charge >= 0.3 is 0 Å². The molecule has 36 heavy (non-hydrogen) atoms. The first-order chi connectivity index (χ1) is 17.1. The number of amides is 1. The van der Waals surface area contributed by atoms with Gasteiger partial charge in [0, 0.05) is 25.8 Å². The predicted octanol–water partition coefficient (Wildman–Crippen LogP) is 5.93. The number of aliphatic hydroxyl groups excluding tert-OH is 1. The van der Waals surface area contributed by atoms with Gasteiger partial charge in [0.15, 0.2) is 0 Å². The monoisotopic (exact) mass is 493 g/mol. The van der Waals surface area contributed by atoms with Crippen LogP contribution in [0.1, 0.15) is 75.3 Å². The number of likely N-dealkylation sites (tertiary alicyclic amines) is 1. The lowest BCUT2D eigenvalue weighted by Crippen LogP contribution is -2.31. The molecule has 1 fully saturated rings. The van der Waals surface area contributed by atoms with Gasteiger partial charge in [-0.2, -0.15) is 0 Å². The van der Waals surface area contributed by atoms with Crippen LogP contribution >= 0.6 is 0 Å². The minimum Gasteiger partial charge on any atom is -0.507 e. The van der Waals surface area contributed by atoms with Crippen molar-refractivity contribution in [2.75, 3.05) is 26.9 Å². The summed E-state index contributed by atoms with van der Waals surface area (Å²) >= 11 is 0. The molecule has 0 bridgehead atoms. The lowest BCUT2D eigenvalue weighted by Gasteiger charge is -2.26. The Morgan fingerprint density at radius 3 is 2.31 bits per heavy atom. The third kappa shape index (κ3) is 5.98. The van der Waals surface area contributed by atoms with E-state index in [0.717, 1.165) is 35.3 Å². The van der Waals surface area contributed by atoms with Gasteiger partial charge < -0.3 is 19.5 Å². The van der Waals surface area contributed by atoms with E-state index in [4.69, 9.17) is 9.47 Å². The van der Waals surface area contributed by atoms with E-state index < -0.39 is 17.7 Å². The molecule has 1 saturated heterocycles. The molecule has 0 radical (unpaired) electrons. The van der Waals surface area contributed by atoms with E-state index in [1.807, 2.05) is 37.3 Å². The third-order valence-electron chi connectivity index (χ3n) is 6.58.